The summed E-state index contributed by atoms with van der Waals surface area (Å²) in [6.45, 7) is 0. The maximum absolute atomic E-state index is 13.0. The molecule has 2 aromatic carbocycles. The van der Waals surface area contributed by atoms with Gasteiger partial charge in [0.05, 0.1) is 20.8 Å². The molecule has 21 heavy (non-hydrogen) atoms. The Hall–Kier alpha value is -1.95. The average molecular weight is 404 g/mol. The molecule has 0 unspecified atom stereocenters. The van der Waals surface area contributed by atoms with Gasteiger partial charge in [-0.2, -0.15) is 18.4 Å². The predicted octanol–water partition coefficient (Wildman–Crippen LogP) is 4.56. The number of hydrogen-bond acceptors (Lipinski definition) is 3. The van der Waals surface area contributed by atoms with Crippen LogP contribution in [0.2, 0.25) is 0 Å². The van der Waals surface area contributed by atoms with E-state index in [9.17, 15) is 13.2 Å². The first-order valence-electron chi connectivity index (χ1n) is 5.65. The van der Waals surface area contributed by atoms with Crippen molar-refractivity contribution in [1.82, 2.24) is 0 Å². The highest BCUT2D eigenvalue weighted by Crippen LogP contribution is 2.39. The third kappa shape index (κ3) is 3.58. The topological polar surface area (TPSA) is 59.0 Å². The molecule has 0 heterocycles. The van der Waals surface area contributed by atoms with Crippen molar-refractivity contribution in [1.29, 1.82) is 5.26 Å². The Kier molecular flexibility index (Phi) is 4.27. The summed E-state index contributed by atoms with van der Waals surface area (Å²) in [6.07, 6.45) is -4.61. The fourth-order valence-corrected chi connectivity index (χ4v) is 2.28. The molecule has 0 aliphatic carbocycles. The molecule has 0 fully saturated rings. The van der Waals surface area contributed by atoms with Crippen molar-refractivity contribution in [3.05, 3.63) is 51.1 Å². The number of nitriles is 1. The van der Waals surface area contributed by atoms with Gasteiger partial charge < -0.3 is 10.5 Å². The molecule has 0 saturated heterocycles. The largest absolute Gasteiger partial charge is 0.456 e. The molecule has 108 valence electrons. The first-order valence-corrected chi connectivity index (χ1v) is 6.73. The highest BCUT2D eigenvalue weighted by molar-refractivity contribution is 14.1. The second kappa shape index (κ2) is 5.81. The predicted molar refractivity (Wildman–Crippen MR) is 79.8 cm³/mol. The molecule has 2 N–H and O–H groups in total. The van der Waals surface area contributed by atoms with Crippen LogP contribution >= 0.6 is 22.6 Å². The second-order valence-corrected chi connectivity index (χ2v) is 5.27. The molecule has 2 rings (SSSR count). The van der Waals surface area contributed by atoms with Crippen molar-refractivity contribution < 1.29 is 17.9 Å². The molecule has 3 nitrogen and oxygen atoms in total. The fraction of sp³-hybridized carbons (Fsp3) is 0.0714. The minimum atomic E-state index is -4.61. The number of nitrogen functional groups attached to an aromatic ring is 1. The maximum Gasteiger partial charge on any atom is 0.420 e. The molecule has 0 amide bonds. The first kappa shape index (κ1) is 15.4. The van der Waals surface area contributed by atoms with Crippen molar-refractivity contribution >= 4 is 28.3 Å². The Balaban J connectivity index is 2.47. The van der Waals surface area contributed by atoms with Crippen molar-refractivity contribution in [2.45, 2.75) is 6.18 Å². The summed E-state index contributed by atoms with van der Waals surface area (Å²) in [6, 6.07) is 9.47. The van der Waals surface area contributed by atoms with Crippen LogP contribution in [0.1, 0.15) is 11.1 Å². The Bertz CT molecular complexity index is 723. The van der Waals surface area contributed by atoms with Gasteiger partial charge in [-0.1, -0.05) is 0 Å². The normalized spacial score (nSPS) is 11.0. The minimum absolute atomic E-state index is 0.0818. The van der Waals surface area contributed by atoms with Crippen LogP contribution in [0.4, 0.5) is 18.9 Å². The molecule has 0 aliphatic heterocycles. The molecule has 0 atom stereocenters. The molecule has 0 aliphatic rings. The van der Waals surface area contributed by atoms with Crippen molar-refractivity contribution in [2.75, 3.05) is 5.73 Å². The number of hydrogen-bond donors (Lipinski definition) is 1. The van der Waals surface area contributed by atoms with Gasteiger partial charge in [0.25, 0.3) is 0 Å². The summed E-state index contributed by atoms with van der Waals surface area (Å²) in [5, 5.41) is 8.71. The van der Waals surface area contributed by atoms with Crippen LogP contribution in [0.15, 0.2) is 36.4 Å². The molecular weight excluding hydrogens is 396 g/mol. The Labute approximate surface area is 132 Å². The van der Waals surface area contributed by atoms with Gasteiger partial charge in [0.1, 0.15) is 11.5 Å². The van der Waals surface area contributed by atoms with E-state index in [-0.39, 0.29) is 17.1 Å². The van der Waals surface area contributed by atoms with Gasteiger partial charge in [-0.05, 0) is 59.0 Å². The van der Waals surface area contributed by atoms with Crippen LogP contribution in [0.5, 0.6) is 11.5 Å². The zero-order valence-corrected chi connectivity index (χ0v) is 12.6. The summed E-state index contributed by atoms with van der Waals surface area (Å²) in [4.78, 5) is 0. The molecule has 0 saturated carbocycles. The summed E-state index contributed by atoms with van der Waals surface area (Å²) >= 11 is 1.92. The third-order valence-electron chi connectivity index (χ3n) is 2.59. The van der Waals surface area contributed by atoms with Crippen molar-refractivity contribution in [3.63, 3.8) is 0 Å². The number of rotatable bonds is 2. The lowest BCUT2D eigenvalue weighted by molar-refractivity contribution is -0.138. The van der Waals surface area contributed by atoms with E-state index in [4.69, 9.17) is 15.7 Å². The standard InChI is InChI=1S/C14H8F3IN2O/c15-14(16,17)10-5-8(7-19)1-3-12(10)21-13-4-2-9(20)6-11(13)18/h1-6H,20H2. The SMILES string of the molecule is N#Cc1ccc(Oc2ccc(N)cc2I)c(C(F)(F)F)c1. The van der Waals surface area contributed by atoms with Crippen LogP contribution in [0.3, 0.4) is 0 Å². The number of alkyl halides is 3. The van der Waals surface area contributed by atoms with Gasteiger partial charge in [0, 0.05) is 5.69 Å². The van der Waals surface area contributed by atoms with Gasteiger partial charge in [0.2, 0.25) is 0 Å². The van der Waals surface area contributed by atoms with Crippen LogP contribution in [-0.2, 0) is 6.18 Å². The molecule has 2 aromatic rings. The summed E-state index contributed by atoms with van der Waals surface area (Å²) < 4.78 is 45.0. The van der Waals surface area contributed by atoms with Crippen LogP contribution in [-0.4, -0.2) is 0 Å². The number of ether oxygens (including phenoxy) is 1. The van der Waals surface area contributed by atoms with E-state index in [1.807, 2.05) is 22.6 Å². The highest BCUT2D eigenvalue weighted by Gasteiger charge is 2.35. The van der Waals surface area contributed by atoms with E-state index in [2.05, 4.69) is 0 Å². The van der Waals surface area contributed by atoms with Gasteiger partial charge in [-0.25, -0.2) is 0 Å². The number of anilines is 1. The van der Waals surface area contributed by atoms with Gasteiger partial charge in [0.15, 0.2) is 0 Å². The fourth-order valence-electron chi connectivity index (χ4n) is 1.63. The Morgan fingerprint density at radius 2 is 1.76 bits per heavy atom. The van der Waals surface area contributed by atoms with E-state index in [0.717, 1.165) is 12.1 Å². The zero-order chi connectivity index (χ0) is 15.6. The summed E-state index contributed by atoms with van der Waals surface area (Å²) in [5.41, 5.74) is 5.00. The van der Waals surface area contributed by atoms with Crippen LogP contribution in [0, 0.1) is 14.9 Å². The number of nitrogens with zero attached hydrogens (tertiary/aromatic N) is 1. The lowest BCUT2D eigenvalue weighted by Gasteiger charge is -2.15. The Morgan fingerprint density at radius 1 is 1.10 bits per heavy atom. The minimum Gasteiger partial charge on any atom is -0.456 e. The number of benzene rings is 2. The molecule has 0 radical (unpaired) electrons. The quantitative estimate of drug-likeness (QED) is 0.590. The van der Waals surface area contributed by atoms with Crippen LogP contribution < -0.4 is 10.5 Å². The van der Waals surface area contributed by atoms with E-state index in [1.165, 1.54) is 18.2 Å². The van der Waals surface area contributed by atoms with E-state index >= 15 is 0 Å². The van der Waals surface area contributed by atoms with Crippen molar-refractivity contribution in [2.24, 2.45) is 0 Å². The maximum atomic E-state index is 13.0. The highest BCUT2D eigenvalue weighted by atomic mass is 127. The molecule has 0 spiro atoms. The number of halogens is 4. The smallest absolute Gasteiger partial charge is 0.420 e. The van der Waals surface area contributed by atoms with E-state index in [1.54, 1.807) is 12.1 Å². The van der Waals surface area contributed by atoms with Gasteiger partial charge in [-0.15, -0.1) is 0 Å². The third-order valence-corrected chi connectivity index (χ3v) is 3.43. The monoisotopic (exact) mass is 404 g/mol. The van der Waals surface area contributed by atoms with E-state index in [0.29, 0.717) is 9.26 Å². The van der Waals surface area contributed by atoms with Crippen LogP contribution in [0.25, 0.3) is 0 Å². The molecule has 0 bridgehead atoms. The summed E-state index contributed by atoms with van der Waals surface area (Å²) in [7, 11) is 0. The first-order chi connectivity index (χ1) is 9.81. The van der Waals surface area contributed by atoms with E-state index < -0.39 is 11.7 Å². The van der Waals surface area contributed by atoms with Gasteiger partial charge >= 0.3 is 6.18 Å². The number of nitrogens with two attached hydrogens (primary N) is 1. The lowest BCUT2D eigenvalue weighted by atomic mass is 10.1. The zero-order valence-electron chi connectivity index (χ0n) is 10.4. The molecule has 7 heteroatoms. The lowest BCUT2D eigenvalue weighted by Crippen LogP contribution is -2.08. The van der Waals surface area contributed by atoms with Crippen molar-refractivity contribution in [3.8, 4) is 17.6 Å². The second-order valence-electron chi connectivity index (χ2n) is 4.11. The summed E-state index contributed by atoms with van der Waals surface area (Å²) in [5.74, 6) is -0.0933. The Morgan fingerprint density at radius 3 is 2.33 bits per heavy atom. The molecular formula is C14H8F3IN2O. The molecule has 0 aromatic heterocycles. The average Bonchev–Trinajstić information content (AvgIpc) is 2.41. The van der Waals surface area contributed by atoms with Gasteiger partial charge in [-0.3, -0.25) is 0 Å².